The van der Waals surface area contributed by atoms with Crippen molar-refractivity contribution in [3.63, 3.8) is 0 Å². The maximum absolute atomic E-state index is 4.47. The van der Waals surface area contributed by atoms with Crippen LogP contribution in [0.1, 0.15) is 11.5 Å². The van der Waals surface area contributed by atoms with Gasteiger partial charge in [-0.05, 0) is 60.1 Å². The first kappa shape index (κ1) is 12.2. The number of nitrogens with one attached hydrogen (secondary N) is 2. The molecule has 2 N–H and O–H groups in total. The number of rotatable bonds is 2. The van der Waals surface area contributed by atoms with Crippen LogP contribution >= 0.6 is 15.9 Å². The topological polar surface area (TPSA) is 53.6 Å². The van der Waals surface area contributed by atoms with Gasteiger partial charge in [0.25, 0.3) is 0 Å². The molecule has 96 valence electrons. The van der Waals surface area contributed by atoms with E-state index in [2.05, 4.69) is 36.2 Å². The lowest BCUT2D eigenvalue weighted by Crippen LogP contribution is -1.95. The Morgan fingerprint density at radius 2 is 1.95 bits per heavy atom. The van der Waals surface area contributed by atoms with Gasteiger partial charge in [0.15, 0.2) is 0 Å². The number of aryl methyl sites for hydroxylation is 2. The van der Waals surface area contributed by atoms with Crippen molar-refractivity contribution in [2.24, 2.45) is 0 Å². The summed E-state index contributed by atoms with van der Waals surface area (Å²) in [6, 6.07) is 9.96. The summed E-state index contributed by atoms with van der Waals surface area (Å²) in [6.07, 6.45) is 0. The van der Waals surface area contributed by atoms with Crippen LogP contribution in [0.25, 0.3) is 11.0 Å². The number of halogens is 1. The molecule has 0 spiro atoms. The zero-order valence-electron chi connectivity index (χ0n) is 10.7. The minimum Gasteiger partial charge on any atom is -0.342 e. The number of pyridine rings is 1. The van der Waals surface area contributed by atoms with Gasteiger partial charge in [-0.15, -0.1) is 0 Å². The number of aromatic nitrogens is 3. The Balaban J connectivity index is 1.93. The smallest absolute Gasteiger partial charge is 0.130 e. The van der Waals surface area contributed by atoms with E-state index in [0.717, 1.165) is 38.5 Å². The summed E-state index contributed by atoms with van der Waals surface area (Å²) >= 11 is 3.45. The van der Waals surface area contributed by atoms with Gasteiger partial charge in [0.1, 0.15) is 11.6 Å². The summed E-state index contributed by atoms with van der Waals surface area (Å²) in [6.45, 7) is 3.92. The molecule has 19 heavy (non-hydrogen) atoms. The van der Waals surface area contributed by atoms with Crippen molar-refractivity contribution in [2.75, 3.05) is 5.32 Å². The number of aromatic amines is 1. The fraction of sp³-hybridized carbons (Fsp3) is 0.143. The number of hydrogen-bond donors (Lipinski definition) is 2. The molecule has 3 rings (SSSR count). The highest BCUT2D eigenvalue weighted by atomic mass is 79.9. The number of H-pyrrole nitrogens is 1. The zero-order chi connectivity index (χ0) is 13.4. The molecule has 0 aliphatic heterocycles. The molecule has 0 aliphatic carbocycles. The van der Waals surface area contributed by atoms with Crippen molar-refractivity contribution in [3.05, 3.63) is 46.3 Å². The van der Waals surface area contributed by atoms with Crippen molar-refractivity contribution >= 4 is 38.5 Å². The Kier molecular flexibility index (Phi) is 2.98. The van der Waals surface area contributed by atoms with E-state index in [-0.39, 0.29) is 0 Å². The van der Waals surface area contributed by atoms with Crippen LogP contribution in [0.15, 0.2) is 34.8 Å². The average Bonchev–Trinajstić information content (AvgIpc) is 2.73. The van der Waals surface area contributed by atoms with E-state index < -0.39 is 0 Å². The SMILES string of the molecule is Cc1nc2ccc(Nc3ccc(Br)c(C)n3)cc2[nH]1. The second-order valence-electron chi connectivity index (χ2n) is 4.44. The van der Waals surface area contributed by atoms with E-state index in [1.807, 2.05) is 44.2 Å². The van der Waals surface area contributed by atoms with Gasteiger partial charge < -0.3 is 10.3 Å². The second-order valence-corrected chi connectivity index (χ2v) is 5.30. The molecule has 5 heteroatoms. The van der Waals surface area contributed by atoms with Crippen LogP contribution in [0.5, 0.6) is 0 Å². The van der Waals surface area contributed by atoms with E-state index in [9.17, 15) is 0 Å². The monoisotopic (exact) mass is 316 g/mol. The molecule has 0 aliphatic rings. The summed E-state index contributed by atoms with van der Waals surface area (Å²) in [5, 5.41) is 3.29. The van der Waals surface area contributed by atoms with Gasteiger partial charge >= 0.3 is 0 Å². The van der Waals surface area contributed by atoms with Gasteiger partial charge in [0.2, 0.25) is 0 Å². The van der Waals surface area contributed by atoms with E-state index in [1.54, 1.807) is 0 Å². The molecule has 0 amide bonds. The molecule has 3 aromatic rings. The molecule has 2 heterocycles. The van der Waals surface area contributed by atoms with Crippen LogP contribution in [0.2, 0.25) is 0 Å². The fourth-order valence-electron chi connectivity index (χ4n) is 1.98. The molecule has 0 atom stereocenters. The number of benzene rings is 1. The molecule has 1 aromatic carbocycles. The van der Waals surface area contributed by atoms with Gasteiger partial charge in [-0.2, -0.15) is 0 Å². The van der Waals surface area contributed by atoms with Crippen LogP contribution < -0.4 is 5.32 Å². The summed E-state index contributed by atoms with van der Waals surface area (Å²) in [7, 11) is 0. The van der Waals surface area contributed by atoms with E-state index >= 15 is 0 Å². The molecule has 0 fully saturated rings. The van der Waals surface area contributed by atoms with E-state index in [1.165, 1.54) is 0 Å². The second kappa shape index (κ2) is 4.66. The molecule has 4 nitrogen and oxygen atoms in total. The van der Waals surface area contributed by atoms with Gasteiger partial charge in [-0.3, -0.25) is 0 Å². The van der Waals surface area contributed by atoms with Crippen molar-refractivity contribution < 1.29 is 0 Å². The lowest BCUT2D eigenvalue weighted by atomic mass is 10.2. The van der Waals surface area contributed by atoms with Crippen LogP contribution in [-0.2, 0) is 0 Å². The van der Waals surface area contributed by atoms with Crippen molar-refractivity contribution in [3.8, 4) is 0 Å². The number of anilines is 2. The van der Waals surface area contributed by atoms with Gasteiger partial charge in [0.05, 0.1) is 16.7 Å². The number of nitrogens with zero attached hydrogens (tertiary/aromatic N) is 2. The van der Waals surface area contributed by atoms with Crippen molar-refractivity contribution in [2.45, 2.75) is 13.8 Å². The molecule has 0 bridgehead atoms. The van der Waals surface area contributed by atoms with E-state index in [0.29, 0.717) is 0 Å². The molecule has 0 saturated heterocycles. The summed E-state index contributed by atoms with van der Waals surface area (Å²) < 4.78 is 1.01. The third-order valence-electron chi connectivity index (χ3n) is 2.89. The summed E-state index contributed by atoms with van der Waals surface area (Å²) in [5.41, 5.74) is 3.95. The highest BCUT2D eigenvalue weighted by molar-refractivity contribution is 9.10. The van der Waals surface area contributed by atoms with E-state index in [4.69, 9.17) is 0 Å². The molecule has 0 radical (unpaired) electrons. The molecule has 0 saturated carbocycles. The standard InChI is InChI=1S/C14H13BrN4/c1-8-11(15)4-6-14(16-8)19-10-3-5-12-13(7-10)18-9(2)17-12/h3-7H,1-2H3,(H,16,19)(H,17,18). The third-order valence-corrected chi connectivity index (χ3v) is 3.73. The average molecular weight is 317 g/mol. The fourth-order valence-corrected chi connectivity index (χ4v) is 2.20. The van der Waals surface area contributed by atoms with Gasteiger partial charge in [-0.25, -0.2) is 9.97 Å². The first-order valence-electron chi connectivity index (χ1n) is 5.98. The first-order chi connectivity index (χ1) is 9.11. The minimum absolute atomic E-state index is 0.830. The third kappa shape index (κ3) is 2.46. The first-order valence-corrected chi connectivity index (χ1v) is 6.78. The van der Waals surface area contributed by atoms with Crippen LogP contribution in [-0.4, -0.2) is 15.0 Å². The Morgan fingerprint density at radius 1 is 1.11 bits per heavy atom. The largest absolute Gasteiger partial charge is 0.342 e. The van der Waals surface area contributed by atoms with Crippen LogP contribution in [0.3, 0.4) is 0 Å². The lowest BCUT2D eigenvalue weighted by molar-refractivity contribution is 1.17. The minimum atomic E-state index is 0.830. The Morgan fingerprint density at radius 3 is 2.74 bits per heavy atom. The quantitative estimate of drug-likeness (QED) is 0.749. The Hall–Kier alpha value is -1.88. The lowest BCUT2D eigenvalue weighted by Gasteiger charge is -2.07. The molecule has 0 unspecified atom stereocenters. The maximum Gasteiger partial charge on any atom is 0.130 e. The maximum atomic E-state index is 4.47. The van der Waals surface area contributed by atoms with Crippen molar-refractivity contribution in [1.29, 1.82) is 0 Å². The van der Waals surface area contributed by atoms with Crippen LogP contribution in [0.4, 0.5) is 11.5 Å². The van der Waals surface area contributed by atoms with Crippen molar-refractivity contribution in [1.82, 2.24) is 15.0 Å². The Labute approximate surface area is 119 Å². The highest BCUT2D eigenvalue weighted by Crippen LogP contribution is 2.22. The van der Waals surface area contributed by atoms with Crippen LogP contribution in [0, 0.1) is 13.8 Å². The molecule has 2 aromatic heterocycles. The normalized spacial score (nSPS) is 10.9. The molecular formula is C14H13BrN4. The summed E-state index contributed by atoms with van der Waals surface area (Å²) in [4.78, 5) is 12.1. The molecular weight excluding hydrogens is 304 g/mol. The predicted molar refractivity (Wildman–Crippen MR) is 80.8 cm³/mol. The number of fused-ring (bicyclic) bond motifs is 1. The number of imidazole rings is 1. The summed E-state index contributed by atoms with van der Waals surface area (Å²) in [5.74, 6) is 1.75. The highest BCUT2D eigenvalue weighted by Gasteiger charge is 2.03. The predicted octanol–water partition coefficient (Wildman–Crippen LogP) is 4.08. The van der Waals surface area contributed by atoms with Gasteiger partial charge in [0, 0.05) is 10.2 Å². The zero-order valence-corrected chi connectivity index (χ0v) is 12.2. The Bertz CT molecular complexity index is 748. The number of hydrogen-bond acceptors (Lipinski definition) is 3. The van der Waals surface area contributed by atoms with Gasteiger partial charge in [-0.1, -0.05) is 0 Å².